The Morgan fingerprint density at radius 1 is 1.21 bits per heavy atom. The van der Waals surface area contributed by atoms with Crippen LogP contribution in [0.1, 0.15) is 11.1 Å². The molecule has 0 aliphatic carbocycles. The molecule has 0 unspecified atom stereocenters. The quantitative estimate of drug-likeness (QED) is 0.845. The molecule has 0 bridgehead atoms. The zero-order valence-electron chi connectivity index (χ0n) is 10.1. The topological polar surface area (TPSA) is 35.2 Å². The fourth-order valence-electron chi connectivity index (χ4n) is 1.59. The first-order valence-electron chi connectivity index (χ1n) is 5.51. The van der Waals surface area contributed by atoms with Crippen LogP contribution in [0.25, 0.3) is 0 Å². The van der Waals surface area contributed by atoms with Crippen molar-refractivity contribution < 1.29 is 9.13 Å². The smallest absolute Gasteiger partial charge is 0.166 e. The lowest BCUT2D eigenvalue weighted by atomic mass is 10.1. The van der Waals surface area contributed by atoms with E-state index >= 15 is 0 Å². The van der Waals surface area contributed by atoms with Crippen LogP contribution in [0, 0.1) is 12.7 Å². The van der Waals surface area contributed by atoms with E-state index in [-0.39, 0.29) is 10.7 Å². The summed E-state index contributed by atoms with van der Waals surface area (Å²) in [5, 5.41) is 0. The summed E-state index contributed by atoms with van der Waals surface area (Å²) in [5.41, 5.74) is 7.20. The van der Waals surface area contributed by atoms with E-state index < -0.39 is 5.82 Å². The highest BCUT2D eigenvalue weighted by Crippen LogP contribution is 2.29. The van der Waals surface area contributed by atoms with E-state index in [0.717, 1.165) is 5.56 Å². The minimum atomic E-state index is -0.454. The molecule has 98 valence electrons. The van der Waals surface area contributed by atoms with Gasteiger partial charge in [0.2, 0.25) is 0 Å². The third kappa shape index (κ3) is 3.30. The Balaban J connectivity index is 2.42. The zero-order chi connectivity index (χ0) is 14.0. The van der Waals surface area contributed by atoms with Gasteiger partial charge in [-0.25, -0.2) is 4.39 Å². The van der Waals surface area contributed by atoms with Gasteiger partial charge in [0, 0.05) is 4.47 Å². The number of benzene rings is 2. The molecule has 0 spiro atoms. The van der Waals surface area contributed by atoms with Crippen molar-refractivity contribution in [1.29, 1.82) is 0 Å². The SMILES string of the molecule is Cc1ccc(C(N)=S)c(Oc2ccc(Br)cc2F)c1. The van der Waals surface area contributed by atoms with Gasteiger partial charge in [0.05, 0.1) is 5.56 Å². The van der Waals surface area contributed by atoms with Crippen molar-refractivity contribution in [3.8, 4) is 11.5 Å². The molecule has 5 heteroatoms. The number of aryl methyl sites for hydroxylation is 1. The molecule has 0 fully saturated rings. The molecule has 0 saturated heterocycles. The summed E-state index contributed by atoms with van der Waals surface area (Å²) < 4.78 is 20.0. The molecule has 0 aliphatic heterocycles. The number of hydrogen-bond donors (Lipinski definition) is 1. The van der Waals surface area contributed by atoms with Crippen LogP contribution < -0.4 is 10.5 Å². The first kappa shape index (κ1) is 14.0. The van der Waals surface area contributed by atoms with Crippen molar-refractivity contribution in [3.63, 3.8) is 0 Å². The molecule has 2 aromatic carbocycles. The maximum absolute atomic E-state index is 13.8. The first-order chi connectivity index (χ1) is 8.97. The van der Waals surface area contributed by atoms with E-state index in [0.29, 0.717) is 15.8 Å². The normalized spacial score (nSPS) is 10.3. The predicted molar refractivity (Wildman–Crippen MR) is 81.2 cm³/mol. The van der Waals surface area contributed by atoms with E-state index in [1.165, 1.54) is 6.07 Å². The molecule has 0 saturated carbocycles. The van der Waals surface area contributed by atoms with Crippen LogP contribution in [-0.4, -0.2) is 4.99 Å². The van der Waals surface area contributed by atoms with Crippen LogP contribution in [0.4, 0.5) is 4.39 Å². The van der Waals surface area contributed by atoms with Crippen LogP contribution in [0.5, 0.6) is 11.5 Å². The predicted octanol–water partition coefficient (Wildman–Crippen LogP) is 4.32. The van der Waals surface area contributed by atoms with Gasteiger partial charge in [-0.15, -0.1) is 0 Å². The lowest BCUT2D eigenvalue weighted by molar-refractivity contribution is 0.441. The van der Waals surface area contributed by atoms with E-state index in [1.54, 1.807) is 24.3 Å². The Morgan fingerprint density at radius 2 is 1.95 bits per heavy atom. The van der Waals surface area contributed by atoms with Gasteiger partial charge in [-0.3, -0.25) is 0 Å². The monoisotopic (exact) mass is 339 g/mol. The third-order valence-corrected chi connectivity index (χ3v) is 3.23. The average Bonchev–Trinajstić information content (AvgIpc) is 2.32. The number of halogens is 2. The Labute approximate surface area is 124 Å². The van der Waals surface area contributed by atoms with Crippen molar-refractivity contribution in [2.75, 3.05) is 0 Å². The zero-order valence-corrected chi connectivity index (χ0v) is 12.5. The van der Waals surface area contributed by atoms with Gasteiger partial charge >= 0.3 is 0 Å². The molecule has 2 N–H and O–H groups in total. The molecule has 0 atom stereocenters. The highest BCUT2D eigenvalue weighted by Gasteiger charge is 2.11. The van der Waals surface area contributed by atoms with Crippen LogP contribution in [0.15, 0.2) is 40.9 Å². The lowest BCUT2D eigenvalue weighted by Crippen LogP contribution is -2.11. The van der Waals surface area contributed by atoms with E-state index in [4.69, 9.17) is 22.7 Å². The van der Waals surface area contributed by atoms with Gasteiger partial charge in [-0.1, -0.05) is 34.2 Å². The molecule has 0 radical (unpaired) electrons. The minimum absolute atomic E-state index is 0.131. The molecule has 0 aromatic heterocycles. The van der Waals surface area contributed by atoms with Crippen molar-refractivity contribution in [2.45, 2.75) is 6.92 Å². The fraction of sp³-hybridized carbons (Fsp3) is 0.0714. The first-order valence-corrected chi connectivity index (χ1v) is 6.71. The molecular weight excluding hydrogens is 329 g/mol. The third-order valence-electron chi connectivity index (χ3n) is 2.52. The largest absolute Gasteiger partial charge is 0.454 e. The summed E-state index contributed by atoms with van der Waals surface area (Å²) in [4.78, 5) is 0.215. The average molecular weight is 340 g/mol. The highest BCUT2D eigenvalue weighted by atomic mass is 79.9. The molecule has 0 aliphatic rings. The molecule has 0 heterocycles. The highest BCUT2D eigenvalue weighted by molar-refractivity contribution is 9.10. The maximum atomic E-state index is 13.8. The second-order valence-electron chi connectivity index (χ2n) is 4.04. The summed E-state index contributed by atoms with van der Waals surface area (Å²) in [7, 11) is 0. The summed E-state index contributed by atoms with van der Waals surface area (Å²) in [6, 6.07) is 10.0. The summed E-state index contributed by atoms with van der Waals surface area (Å²) in [6.45, 7) is 1.91. The van der Waals surface area contributed by atoms with E-state index in [9.17, 15) is 4.39 Å². The number of rotatable bonds is 3. The molecular formula is C14H11BrFNOS. The Hall–Kier alpha value is -1.46. The summed E-state index contributed by atoms with van der Waals surface area (Å²) in [6.07, 6.45) is 0. The van der Waals surface area contributed by atoms with Gasteiger partial charge in [-0.05, 0) is 42.8 Å². The number of hydrogen-bond acceptors (Lipinski definition) is 2. The lowest BCUT2D eigenvalue weighted by Gasteiger charge is -2.12. The Kier molecular flexibility index (Phi) is 4.17. The molecule has 2 nitrogen and oxygen atoms in total. The van der Waals surface area contributed by atoms with Gasteiger partial charge in [0.1, 0.15) is 10.7 Å². The van der Waals surface area contributed by atoms with Crippen molar-refractivity contribution in [2.24, 2.45) is 5.73 Å². The van der Waals surface area contributed by atoms with Crippen LogP contribution in [-0.2, 0) is 0 Å². The van der Waals surface area contributed by atoms with Gasteiger partial charge in [-0.2, -0.15) is 0 Å². The van der Waals surface area contributed by atoms with Crippen LogP contribution >= 0.6 is 28.1 Å². The molecule has 19 heavy (non-hydrogen) atoms. The Morgan fingerprint density at radius 3 is 2.58 bits per heavy atom. The molecule has 2 rings (SSSR count). The Bertz CT molecular complexity index is 645. The maximum Gasteiger partial charge on any atom is 0.166 e. The fourth-order valence-corrected chi connectivity index (χ4v) is 2.10. The second kappa shape index (κ2) is 5.67. The van der Waals surface area contributed by atoms with E-state index in [2.05, 4.69) is 15.9 Å². The number of nitrogens with two attached hydrogens (primary N) is 1. The van der Waals surface area contributed by atoms with Crippen molar-refractivity contribution in [3.05, 3.63) is 57.8 Å². The molecule has 0 amide bonds. The summed E-state index contributed by atoms with van der Waals surface area (Å²) in [5.74, 6) is 0.129. The van der Waals surface area contributed by atoms with Gasteiger partial charge in [0.25, 0.3) is 0 Å². The summed E-state index contributed by atoms with van der Waals surface area (Å²) >= 11 is 8.15. The number of thiocarbonyl (C=S) groups is 1. The minimum Gasteiger partial charge on any atom is -0.454 e. The van der Waals surface area contributed by atoms with Gasteiger partial charge < -0.3 is 10.5 Å². The number of ether oxygens (including phenoxy) is 1. The van der Waals surface area contributed by atoms with Crippen LogP contribution in [0.3, 0.4) is 0 Å². The molecule has 2 aromatic rings. The van der Waals surface area contributed by atoms with E-state index in [1.807, 2.05) is 13.0 Å². The van der Waals surface area contributed by atoms with Crippen LogP contribution in [0.2, 0.25) is 0 Å². The van der Waals surface area contributed by atoms with Crippen molar-refractivity contribution >= 4 is 33.1 Å². The standard InChI is InChI=1S/C14H11BrFNOS/c1-8-2-4-10(14(17)19)13(6-8)18-12-5-3-9(15)7-11(12)16/h2-7H,1H3,(H2,17,19). The van der Waals surface area contributed by atoms with Crippen molar-refractivity contribution in [1.82, 2.24) is 0 Å². The second-order valence-corrected chi connectivity index (χ2v) is 5.40. The van der Waals surface area contributed by atoms with Gasteiger partial charge in [0.15, 0.2) is 11.6 Å².